The minimum absolute atomic E-state index is 0.411. The van der Waals surface area contributed by atoms with E-state index in [4.69, 9.17) is 4.42 Å². The maximum atomic E-state index is 12.8. The van der Waals surface area contributed by atoms with Gasteiger partial charge in [-0.3, -0.25) is 9.78 Å². The van der Waals surface area contributed by atoms with Crippen LogP contribution in [0, 0.1) is 0 Å². The maximum absolute atomic E-state index is 12.8. The van der Waals surface area contributed by atoms with Gasteiger partial charge in [-0.1, -0.05) is 0 Å². The van der Waals surface area contributed by atoms with Gasteiger partial charge in [0.15, 0.2) is 0 Å². The van der Waals surface area contributed by atoms with Crippen LogP contribution in [-0.4, -0.2) is 30.6 Å². The lowest BCUT2D eigenvalue weighted by Crippen LogP contribution is -2.32. The van der Waals surface area contributed by atoms with Crippen molar-refractivity contribution in [3.05, 3.63) is 47.1 Å². The van der Waals surface area contributed by atoms with Gasteiger partial charge in [0.05, 0.1) is 6.04 Å². The molecule has 2 aliphatic rings. The molecule has 2 aliphatic carbocycles. The third kappa shape index (κ3) is 3.79. The van der Waals surface area contributed by atoms with Crippen LogP contribution in [0.4, 0.5) is 13.2 Å². The van der Waals surface area contributed by atoms with Gasteiger partial charge < -0.3 is 9.73 Å². The van der Waals surface area contributed by atoms with E-state index in [-0.39, 0.29) is 0 Å². The standard InChI is InChI=1S/C20H19F3N6O2/c1-29-16(27-19(28-29)20(21,22)23)17(30)25-12-3-2-4-14-15(12)26-18(31-14)11-7-8-24-13(9-11)10-5-6-10/h7-10,12H,2-6H2,1H3,(H,25,30)/t12-/m1/s1. The number of hydrogen-bond donors (Lipinski definition) is 1. The smallest absolute Gasteiger partial charge is 0.441 e. The molecule has 5 rings (SSSR count). The number of fused-ring (bicyclic) bond motifs is 1. The molecule has 1 saturated carbocycles. The molecule has 3 heterocycles. The van der Waals surface area contributed by atoms with Gasteiger partial charge in [-0.2, -0.15) is 18.2 Å². The minimum atomic E-state index is -4.72. The number of carbonyl (C=O) groups is 1. The molecule has 31 heavy (non-hydrogen) atoms. The summed E-state index contributed by atoms with van der Waals surface area (Å²) in [7, 11) is 1.25. The first-order valence-corrected chi connectivity index (χ1v) is 10.0. The lowest BCUT2D eigenvalue weighted by Gasteiger charge is -2.20. The summed E-state index contributed by atoms with van der Waals surface area (Å²) >= 11 is 0. The Morgan fingerprint density at radius 3 is 2.77 bits per heavy atom. The van der Waals surface area contributed by atoms with Gasteiger partial charge in [-0.05, 0) is 37.8 Å². The zero-order valence-corrected chi connectivity index (χ0v) is 16.6. The van der Waals surface area contributed by atoms with Gasteiger partial charge in [-0.15, -0.1) is 5.10 Å². The molecular weight excluding hydrogens is 413 g/mol. The quantitative estimate of drug-likeness (QED) is 0.677. The third-order valence-electron chi connectivity index (χ3n) is 5.50. The average molecular weight is 432 g/mol. The molecule has 11 heteroatoms. The minimum Gasteiger partial charge on any atom is -0.441 e. The predicted octanol–water partition coefficient (Wildman–Crippen LogP) is 3.57. The number of rotatable bonds is 4. The van der Waals surface area contributed by atoms with Crippen LogP contribution in [-0.2, 0) is 19.6 Å². The molecule has 0 unspecified atom stereocenters. The molecule has 162 valence electrons. The molecule has 3 aromatic heterocycles. The zero-order valence-electron chi connectivity index (χ0n) is 16.6. The SMILES string of the molecule is Cn1nc(C(F)(F)F)nc1C(=O)N[C@@H]1CCCc2oc(-c3ccnc(C4CC4)c3)nc21. The first kappa shape index (κ1) is 19.7. The number of alkyl halides is 3. The molecule has 8 nitrogen and oxygen atoms in total. The van der Waals surface area contributed by atoms with E-state index in [1.165, 1.54) is 7.05 Å². The monoisotopic (exact) mass is 432 g/mol. The highest BCUT2D eigenvalue weighted by molar-refractivity contribution is 5.91. The van der Waals surface area contributed by atoms with Crippen molar-refractivity contribution in [3.63, 3.8) is 0 Å². The van der Waals surface area contributed by atoms with Gasteiger partial charge in [0.1, 0.15) is 11.5 Å². The molecule has 0 spiro atoms. The number of nitrogens with one attached hydrogen (secondary N) is 1. The lowest BCUT2D eigenvalue weighted by molar-refractivity contribution is -0.144. The van der Waals surface area contributed by atoms with Crippen molar-refractivity contribution in [2.24, 2.45) is 7.05 Å². The van der Waals surface area contributed by atoms with E-state index in [2.05, 4.69) is 25.4 Å². The second-order valence-electron chi connectivity index (χ2n) is 7.87. The maximum Gasteiger partial charge on any atom is 0.453 e. The number of aromatic nitrogens is 5. The van der Waals surface area contributed by atoms with E-state index >= 15 is 0 Å². The molecule has 1 amide bonds. The van der Waals surface area contributed by atoms with Crippen LogP contribution in [0.3, 0.4) is 0 Å². The summed E-state index contributed by atoms with van der Waals surface area (Å²) in [6.45, 7) is 0. The Bertz CT molecular complexity index is 1150. The molecule has 1 fully saturated rings. The van der Waals surface area contributed by atoms with Gasteiger partial charge in [0.25, 0.3) is 11.7 Å². The number of halogens is 3. The van der Waals surface area contributed by atoms with Crippen LogP contribution in [0.2, 0.25) is 0 Å². The Morgan fingerprint density at radius 2 is 2.06 bits per heavy atom. The Morgan fingerprint density at radius 1 is 1.26 bits per heavy atom. The van der Waals surface area contributed by atoms with Crippen LogP contribution in [0.15, 0.2) is 22.7 Å². The summed E-state index contributed by atoms with van der Waals surface area (Å²) in [5, 5.41) is 6.03. The summed E-state index contributed by atoms with van der Waals surface area (Å²) < 4.78 is 45.3. The Kier molecular flexibility index (Phi) is 4.56. The van der Waals surface area contributed by atoms with Crippen LogP contribution in [0.1, 0.15) is 71.2 Å². The molecule has 0 aromatic carbocycles. The normalized spacial score (nSPS) is 18.6. The zero-order chi connectivity index (χ0) is 21.8. The summed E-state index contributed by atoms with van der Waals surface area (Å²) in [4.78, 5) is 25.0. The van der Waals surface area contributed by atoms with Crippen molar-refractivity contribution in [1.29, 1.82) is 0 Å². The third-order valence-corrected chi connectivity index (χ3v) is 5.50. The molecule has 1 atom stereocenters. The fraction of sp³-hybridized carbons (Fsp3) is 0.450. The molecule has 0 aliphatic heterocycles. The van der Waals surface area contributed by atoms with E-state index < -0.39 is 29.8 Å². The van der Waals surface area contributed by atoms with E-state index in [9.17, 15) is 18.0 Å². The van der Waals surface area contributed by atoms with Gasteiger partial charge in [0.2, 0.25) is 11.7 Å². The van der Waals surface area contributed by atoms with Crippen molar-refractivity contribution in [1.82, 2.24) is 30.0 Å². The van der Waals surface area contributed by atoms with E-state index in [1.807, 2.05) is 12.1 Å². The van der Waals surface area contributed by atoms with Crippen LogP contribution < -0.4 is 5.32 Å². The molecule has 0 bridgehead atoms. The van der Waals surface area contributed by atoms with Crippen molar-refractivity contribution in [2.75, 3.05) is 0 Å². The highest BCUT2D eigenvalue weighted by Gasteiger charge is 2.38. The molecule has 1 N–H and O–H groups in total. The summed E-state index contributed by atoms with van der Waals surface area (Å²) in [6.07, 6.45) is 1.30. The van der Waals surface area contributed by atoms with Crippen LogP contribution in [0.25, 0.3) is 11.5 Å². The molecule has 0 saturated heterocycles. The van der Waals surface area contributed by atoms with Crippen molar-refractivity contribution in [2.45, 2.75) is 50.2 Å². The highest BCUT2D eigenvalue weighted by atomic mass is 19.4. The number of aryl methyl sites for hydroxylation is 2. The second-order valence-corrected chi connectivity index (χ2v) is 7.87. The Hall–Kier alpha value is -3.24. The van der Waals surface area contributed by atoms with Crippen molar-refractivity contribution in [3.8, 4) is 11.5 Å². The van der Waals surface area contributed by atoms with E-state index in [0.29, 0.717) is 36.1 Å². The summed E-state index contributed by atoms with van der Waals surface area (Å²) in [5.74, 6) is -0.889. The fourth-order valence-corrected chi connectivity index (χ4v) is 3.79. The topological polar surface area (TPSA) is 98.7 Å². The number of nitrogens with zero attached hydrogens (tertiary/aromatic N) is 5. The van der Waals surface area contributed by atoms with Crippen molar-refractivity contribution >= 4 is 5.91 Å². The number of amides is 1. The van der Waals surface area contributed by atoms with Crippen LogP contribution >= 0.6 is 0 Å². The number of carbonyl (C=O) groups excluding carboxylic acids is 1. The number of pyridine rings is 1. The van der Waals surface area contributed by atoms with Crippen molar-refractivity contribution < 1.29 is 22.4 Å². The average Bonchev–Trinajstić information content (AvgIpc) is 3.35. The highest BCUT2D eigenvalue weighted by Crippen LogP contribution is 2.40. The van der Waals surface area contributed by atoms with E-state index in [0.717, 1.165) is 35.2 Å². The second kappa shape index (κ2) is 7.17. The summed E-state index contributed by atoms with van der Waals surface area (Å²) in [5.41, 5.74) is 2.43. The van der Waals surface area contributed by atoms with Crippen LogP contribution in [0.5, 0.6) is 0 Å². The predicted molar refractivity (Wildman–Crippen MR) is 101 cm³/mol. The first-order valence-electron chi connectivity index (χ1n) is 10.0. The number of hydrogen-bond acceptors (Lipinski definition) is 6. The lowest BCUT2D eigenvalue weighted by atomic mass is 9.97. The summed E-state index contributed by atoms with van der Waals surface area (Å²) in [6, 6.07) is 3.32. The van der Waals surface area contributed by atoms with Gasteiger partial charge in [-0.25, -0.2) is 9.67 Å². The number of oxazole rings is 1. The van der Waals surface area contributed by atoms with Gasteiger partial charge in [0, 0.05) is 36.8 Å². The van der Waals surface area contributed by atoms with E-state index in [1.54, 1.807) is 6.20 Å². The first-order chi connectivity index (χ1) is 14.8. The largest absolute Gasteiger partial charge is 0.453 e. The Labute approximate surface area is 174 Å². The Balaban J connectivity index is 1.39. The molecular formula is C20H19F3N6O2. The fourth-order valence-electron chi connectivity index (χ4n) is 3.79. The van der Waals surface area contributed by atoms with Gasteiger partial charge >= 0.3 is 6.18 Å². The molecule has 3 aromatic rings. The molecule has 0 radical (unpaired) electrons.